The average molecular weight is 427 g/mol. The molecule has 0 aliphatic carbocycles. The third kappa shape index (κ3) is 3.39. The van der Waals surface area contributed by atoms with Gasteiger partial charge in [-0.25, -0.2) is 4.98 Å². The third-order valence-electron chi connectivity index (χ3n) is 4.97. The fraction of sp³-hybridized carbons (Fsp3) is 0.389. The second-order valence-corrected chi connectivity index (χ2v) is 9.23. The second-order valence-electron chi connectivity index (χ2n) is 6.87. The molecule has 5 nitrogen and oxygen atoms in total. The van der Waals surface area contributed by atoms with Crippen molar-refractivity contribution in [1.29, 1.82) is 0 Å². The fourth-order valence-electron chi connectivity index (χ4n) is 3.52. The van der Waals surface area contributed by atoms with Gasteiger partial charge in [-0.3, -0.25) is 9.59 Å². The van der Waals surface area contributed by atoms with Crippen molar-refractivity contribution in [3.05, 3.63) is 35.2 Å². The first-order chi connectivity index (χ1) is 13.2. The van der Waals surface area contributed by atoms with Crippen LogP contribution in [-0.4, -0.2) is 38.4 Å². The van der Waals surface area contributed by atoms with Crippen LogP contribution in [0.3, 0.4) is 0 Å². The summed E-state index contributed by atoms with van der Waals surface area (Å²) in [5.41, 5.74) is -0.0713. The number of halogens is 3. The van der Waals surface area contributed by atoms with Crippen molar-refractivity contribution in [2.75, 3.05) is 11.1 Å². The first-order valence-corrected chi connectivity index (χ1v) is 10.4. The van der Waals surface area contributed by atoms with Crippen molar-refractivity contribution in [3.8, 4) is 11.3 Å². The van der Waals surface area contributed by atoms with Crippen LogP contribution in [0.15, 0.2) is 29.6 Å². The minimum atomic E-state index is -4.43. The van der Waals surface area contributed by atoms with E-state index in [4.69, 9.17) is 0 Å². The smallest absolute Gasteiger partial charge is 0.315 e. The summed E-state index contributed by atoms with van der Waals surface area (Å²) in [4.78, 5) is 30.4. The predicted octanol–water partition coefficient (Wildman–Crippen LogP) is 4.22. The Balaban J connectivity index is 1.50. The number of benzene rings is 1. The highest BCUT2D eigenvalue weighted by Crippen LogP contribution is 2.47. The van der Waals surface area contributed by atoms with Crippen LogP contribution in [0, 0.1) is 0 Å². The Morgan fingerprint density at radius 3 is 2.93 bits per heavy atom. The Hall–Kier alpha value is -2.07. The first-order valence-electron chi connectivity index (χ1n) is 8.57. The molecule has 0 bridgehead atoms. The molecule has 2 amide bonds. The van der Waals surface area contributed by atoms with Gasteiger partial charge in [0.05, 0.1) is 16.1 Å². The monoisotopic (exact) mass is 427 g/mol. The number of carbonyl (C=O) groups excluding carboxylic acids is 2. The lowest BCUT2D eigenvalue weighted by Gasteiger charge is -2.29. The van der Waals surface area contributed by atoms with Gasteiger partial charge < -0.3 is 10.2 Å². The number of rotatable bonds is 3. The molecule has 148 valence electrons. The second kappa shape index (κ2) is 6.77. The molecule has 2 atom stereocenters. The number of thiazole rings is 1. The van der Waals surface area contributed by atoms with Crippen LogP contribution in [0.2, 0.25) is 0 Å². The molecule has 0 saturated carbocycles. The van der Waals surface area contributed by atoms with Gasteiger partial charge >= 0.3 is 6.18 Å². The summed E-state index contributed by atoms with van der Waals surface area (Å²) in [6.45, 7) is 1.96. The van der Waals surface area contributed by atoms with Crippen LogP contribution in [-0.2, 0) is 15.8 Å². The molecule has 2 aromatic rings. The van der Waals surface area contributed by atoms with Crippen LogP contribution in [0.25, 0.3) is 11.3 Å². The zero-order valence-electron chi connectivity index (χ0n) is 14.7. The summed E-state index contributed by atoms with van der Waals surface area (Å²) in [6, 6.07) is 4.33. The van der Waals surface area contributed by atoms with E-state index in [1.165, 1.54) is 12.1 Å². The molecule has 4 rings (SSSR count). The van der Waals surface area contributed by atoms with E-state index >= 15 is 0 Å². The molecular formula is C18H16F3N3O2S2. The molecule has 0 spiro atoms. The van der Waals surface area contributed by atoms with Gasteiger partial charge in [0.15, 0.2) is 5.13 Å². The van der Waals surface area contributed by atoms with Crippen molar-refractivity contribution in [2.24, 2.45) is 0 Å². The summed E-state index contributed by atoms with van der Waals surface area (Å²) in [7, 11) is 0. The van der Waals surface area contributed by atoms with Crippen LogP contribution < -0.4 is 5.32 Å². The van der Waals surface area contributed by atoms with Crippen molar-refractivity contribution in [3.63, 3.8) is 0 Å². The maximum absolute atomic E-state index is 12.9. The van der Waals surface area contributed by atoms with Gasteiger partial charge in [0.2, 0.25) is 11.8 Å². The molecule has 0 unspecified atom stereocenters. The van der Waals surface area contributed by atoms with Gasteiger partial charge in [-0.1, -0.05) is 12.1 Å². The molecule has 1 aromatic heterocycles. The SMILES string of the molecule is C[C@]12CCC(=O)N1[C@@H](C(=O)Nc1nc(-c3cccc(C(F)(F)F)c3)cs1)CS2. The standard InChI is InChI=1S/C18H16F3N3O2S2/c1-17-6-5-14(25)24(17)13(9-28-17)15(26)23-16-22-12(8-27-16)10-3-2-4-11(7-10)18(19,20)21/h2-4,7-8,13H,5-6,9H2,1H3,(H,22,23,26)/t13-,17+/m1/s1. The lowest BCUT2D eigenvalue weighted by molar-refractivity contribution is -0.137. The molecule has 10 heteroatoms. The van der Waals surface area contributed by atoms with Gasteiger partial charge in [0.1, 0.15) is 6.04 Å². The normalized spacial score (nSPS) is 24.5. The molecule has 28 heavy (non-hydrogen) atoms. The summed E-state index contributed by atoms with van der Waals surface area (Å²) in [5, 5.41) is 4.60. The van der Waals surface area contributed by atoms with E-state index < -0.39 is 17.8 Å². The minimum absolute atomic E-state index is 0.0311. The predicted molar refractivity (Wildman–Crippen MR) is 102 cm³/mol. The molecule has 3 heterocycles. The molecule has 2 saturated heterocycles. The molecule has 2 aliphatic heterocycles. The number of fused-ring (bicyclic) bond motifs is 1. The number of thioether (sulfide) groups is 1. The molecule has 2 fully saturated rings. The first kappa shape index (κ1) is 19.3. The highest BCUT2D eigenvalue weighted by molar-refractivity contribution is 8.01. The molecule has 2 aliphatic rings. The van der Waals surface area contributed by atoms with E-state index in [9.17, 15) is 22.8 Å². The number of aromatic nitrogens is 1. The van der Waals surface area contributed by atoms with Gasteiger partial charge in [0, 0.05) is 23.1 Å². The Morgan fingerprint density at radius 1 is 1.39 bits per heavy atom. The molecule has 0 radical (unpaired) electrons. The number of alkyl halides is 3. The summed E-state index contributed by atoms with van der Waals surface area (Å²) in [5.74, 6) is 0.160. The summed E-state index contributed by atoms with van der Waals surface area (Å²) >= 11 is 2.73. The highest BCUT2D eigenvalue weighted by Gasteiger charge is 2.52. The van der Waals surface area contributed by atoms with E-state index in [1.807, 2.05) is 6.92 Å². The van der Waals surface area contributed by atoms with Gasteiger partial charge in [-0.2, -0.15) is 13.2 Å². The van der Waals surface area contributed by atoms with Crippen LogP contribution in [0.1, 0.15) is 25.3 Å². The zero-order chi connectivity index (χ0) is 20.1. The Morgan fingerprint density at radius 2 is 2.18 bits per heavy atom. The number of carbonyl (C=O) groups is 2. The topological polar surface area (TPSA) is 62.3 Å². The van der Waals surface area contributed by atoms with Crippen molar-refractivity contribution >= 4 is 40.0 Å². The summed E-state index contributed by atoms with van der Waals surface area (Å²) in [6.07, 6.45) is -3.28. The molecule has 1 aromatic carbocycles. The maximum atomic E-state index is 12.9. The summed E-state index contributed by atoms with van der Waals surface area (Å²) < 4.78 is 38.7. The van der Waals surface area contributed by atoms with Crippen molar-refractivity contribution < 1.29 is 22.8 Å². The lowest BCUT2D eigenvalue weighted by Crippen LogP contribution is -2.48. The van der Waals surface area contributed by atoms with Crippen LogP contribution in [0.4, 0.5) is 18.3 Å². The third-order valence-corrected chi connectivity index (χ3v) is 7.23. The number of anilines is 1. The van der Waals surface area contributed by atoms with E-state index in [0.717, 1.165) is 29.9 Å². The lowest BCUT2D eigenvalue weighted by atomic mass is 10.1. The van der Waals surface area contributed by atoms with Gasteiger partial charge in [-0.15, -0.1) is 23.1 Å². The van der Waals surface area contributed by atoms with Crippen molar-refractivity contribution in [2.45, 2.75) is 36.9 Å². The fourth-order valence-corrected chi connectivity index (χ4v) is 5.68. The van der Waals surface area contributed by atoms with Crippen LogP contribution in [0.5, 0.6) is 0 Å². The number of amides is 2. The highest BCUT2D eigenvalue weighted by atomic mass is 32.2. The quantitative estimate of drug-likeness (QED) is 0.797. The number of nitrogens with zero attached hydrogens (tertiary/aromatic N) is 2. The Bertz CT molecular complexity index is 946. The molecule has 1 N–H and O–H groups in total. The van der Waals surface area contributed by atoms with E-state index in [0.29, 0.717) is 28.6 Å². The van der Waals surface area contributed by atoms with E-state index in [2.05, 4.69) is 10.3 Å². The zero-order valence-corrected chi connectivity index (χ0v) is 16.4. The van der Waals surface area contributed by atoms with Crippen molar-refractivity contribution in [1.82, 2.24) is 9.88 Å². The number of hydrogen-bond acceptors (Lipinski definition) is 5. The van der Waals surface area contributed by atoms with E-state index in [-0.39, 0.29) is 16.7 Å². The largest absolute Gasteiger partial charge is 0.416 e. The Labute approximate surface area is 167 Å². The average Bonchev–Trinajstić information content (AvgIpc) is 3.31. The molecular weight excluding hydrogens is 411 g/mol. The number of nitrogens with one attached hydrogen (secondary N) is 1. The van der Waals surface area contributed by atoms with Gasteiger partial charge in [0.25, 0.3) is 0 Å². The Kier molecular flexibility index (Phi) is 4.65. The number of hydrogen-bond donors (Lipinski definition) is 1. The maximum Gasteiger partial charge on any atom is 0.416 e. The van der Waals surface area contributed by atoms with E-state index in [1.54, 1.807) is 22.0 Å². The van der Waals surface area contributed by atoms with Gasteiger partial charge in [-0.05, 0) is 25.5 Å². The minimum Gasteiger partial charge on any atom is -0.315 e. The van der Waals surface area contributed by atoms with Crippen LogP contribution >= 0.6 is 23.1 Å².